The van der Waals surface area contributed by atoms with Gasteiger partial charge in [-0.25, -0.2) is 0 Å². The van der Waals surface area contributed by atoms with Gasteiger partial charge >= 0.3 is 0 Å². The lowest BCUT2D eigenvalue weighted by atomic mass is 10.0. The average Bonchev–Trinajstić information content (AvgIpc) is 2.58. The highest BCUT2D eigenvalue weighted by atomic mass is 28.4. The molecular weight excluding hydrogens is 274 g/mol. The van der Waals surface area contributed by atoms with Gasteiger partial charge in [-0.2, -0.15) is 0 Å². The number of aromatic nitrogens is 1. The Bertz CT molecular complexity index is 478. The Morgan fingerprint density at radius 1 is 0.905 bits per heavy atom. The summed E-state index contributed by atoms with van der Waals surface area (Å²) in [7, 11) is -1.67. The van der Waals surface area contributed by atoms with Crippen molar-refractivity contribution in [2.75, 3.05) is 0 Å². The van der Waals surface area contributed by atoms with Crippen molar-refractivity contribution in [2.24, 2.45) is 0 Å². The number of hydrogen-bond donors (Lipinski definition) is 0. The van der Waals surface area contributed by atoms with Gasteiger partial charge in [0.2, 0.25) is 0 Å². The van der Waals surface area contributed by atoms with Crippen molar-refractivity contribution in [3.63, 3.8) is 0 Å². The van der Waals surface area contributed by atoms with E-state index >= 15 is 0 Å². The summed E-state index contributed by atoms with van der Waals surface area (Å²) in [6.45, 7) is 6.81. The van der Waals surface area contributed by atoms with Gasteiger partial charge in [-0.1, -0.05) is 57.2 Å². The molecule has 0 fully saturated rings. The molecular formula is C18H25NOSi. The summed E-state index contributed by atoms with van der Waals surface area (Å²) in [6.07, 6.45) is 3.75. The molecule has 0 amide bonds. The molecule has 112 valence electrons. The first-order valence-corrected chi connectivity index (χ1v) is 10.4. The van der Waals surface area contributed by atoms with E-state index in [2.05, 4.69) is 56.1 Å². The standard InChI is InChI=1S/C18H25NOSi/c1-4-21(5-2,6-3)20-18(16-11-8-7-9-12-16)17-13-10-14-19-15-17/h7-15,18H,4-6H2,1-3H3. The molecule has 1 unspecified atom stereocenters. The molecule has 21 heavy (non-hydrogen) atoms. The summed E-state index contributed by atoms with van der Waals surface area (Å²) in [5, 5.41) is 0. The fourth-order valence-corrected chi connectivity index (χ4v) is 5.51. The lowest BCUT2D eigenvalue weighted by Gasteiger charge is -2.33. The minimum Gasteiger partial charge on any atom is -0.406 e. The van der Waals surface area contributed by atoms with Crippen LogP contribution in [0.15, 0.2) is 54.9 Å². The molecule has 1 aromatic heterocycles. The van der Waals surface area contributed by atoms with Crippen LogP contribution >= 0.6 is 0 Å². The second kappa shape index (κ2) is 7.53. The third kappa shape index (κ3) is 3.80. The van der Waals surface area contributed by atoms with Crippen molar-refractivity contribution >= 4 is 8.32 Å². The monoisotopic (exact) mass is 299 g/mol. The van der Waals surface area contributed by atoms with Crippen LogP contribution in [0, 0.1) is 0 Å². The third-order valence-electron chi connectivity index (χ3n) is 4.39. The fraction of sp³-hybridized carbons (Fsp3) is 0.389. The van der Waals surface area contributed by atoms with Gasteiger partial charge in [0.1, 0.15) is 0 Å². The molecule has 0 aliphatic heterocycles. The van der Waals surface area contributed by atoms with Crippen molar-refractivity contribution in [2.45, 2.75) is 45.0 Å². The quantitative estimate of drug-likeness (QED) is 0.656. The van der Waals surface area contributed by atoms with E-state index in [1.807, 2.05) is 24.5 Å². The molecule has 3 heteroatoms. The van der Waals surface area contributed by atoms with Crippen LogP contribution in [-0.2, 0) is 4.43 Å². The minimum atomic E-state index is -1.67. The van der Waals surface area contributed by atoms with Crippen LogP contribution in [0.5, 0.6) is 0 Å². The minimum absolute atomic E-state index is 0.00594. The van der Waals surface area contributed by atoms with Gasteiger partial charge in [0, 0.05) is 18.0 Å². The largest absolute Gasteiger partial charge is 0.406 e. The predicted molar refractivity (Wildman–Crippen MR) is 90.8 cm³/mol. The summed E-state index contributed by atoms with van der Waals surface area (Å²) >= 11 is 0. The van der Waals surface area contributed by atoms with Crippen molar-refractivity contribution in [1.82, 2.24) is 4.98 Å². The number of rotatable bonds is 7. The topological polar surface area (TPSA) is 22.1 Å². The van der Waals surface area contributed by atoms with E-state index in [0.717, 1.165) is 23.7 Å². The molecule has 2 nitrogen and oxygen atoms in total. The summed E-state index contributed by atoms with van der Waals surface area (Å²) in [6, 6.07) is 18.1. The third-order valence-corrected chi connectivity index (χ3v) is 8.99. The fourth-order valence-electron chi connectivity index (χ4n) is 2.74. The lowest BCUT2D eigenvalue weighted by molar-refractivity contribution is 0.229. The Hall–Kier alpha value is -1.45. The maximum atomic E-state index is 6.76. The zero-order valence-electron chi connectivity index (χ0n) is 13.3. The van der Waals surface area contributed by atoms with Crippen molar-refractivity contribution < 1.29 is 4.43 Å². The van der Waals surface area contributed by atoms with Crippen LogP contribution in [-0.4, -0.2) is 13.3 Å². The number of benzene rings is 1. The number of hydrogen-bond acceptors (Lipinski definition) is 2. The highest BCUT2D eigenvalue weighted by Gasteiger charge is 2.33. The Labute approximate surface area is 129 Å². The van der Waals surface area contributed by atoms with Crippen LogP contribution in [0.2, 0.25) is 18.1 Å². The first-order valence-electron chi connectivity index (χ1n) is 7.87. The SMILES string of the molecule is CC[Si](CC)(CC)OC(c1ccccc1)c1cccnc1. The van der Waals surface area contributed by atoms with Crippen LogP contribution in [0.1, 0.15) is 38.0 Å². The van der Waals surface area contributed by atoms with Crippen LogP contribution in [0.4, 0.5) is 0 Å². The van der Waals surface area contributed by atoms with Crippen LogP contribution < -0.4 is 0 Å². The molecule has 0 aliphatic carbocycles. The molecule has 2 aromatic rings. The normalized spacial score (nSPS) is 13.1. The average molecular weight is 299 g/mol. The Balaban J connectivity index is 2.38. The molecule has 0 bridgehead atoms. The van der Waals surface area contributed by atoms with Gasteiger partial charge in [-0.15, -0.1) is 0 Å². The van der Waals surface area contributed by atoms with Crippen molar-refractivity contribution in [3.8, 4) is 0 Å². The maximum absolute atomic E-state index is 6.76. The first-order chi connectivity index (χ1) is 10.2. The number of pyridine rings is 1. The highest BCUT2D eigenvalue weighted by Crippen LogP contribution is 2.33. The molecule has 0 aliphatic rings. The van der Waals surface area contributed by atoms with E-state index in [1.165, 1.54) is 5.56 Å². The lowest BCUT2D eigenvalue weighted by Crippen LogP contribution is -2.37. The Morgan fingerprint density at radius 3 is 2.05 bits per heavy atom. The second-order valence-corrected chi connectivity index (χ2v) is 10.2. The van der Waals surface area contributed by atoms with Gasteiger partial charge in [-0.05, 0) is 29.8 Å². The number of nitrogens with zero attached hydrogens (tertiary/aromatic N) is 1. The maximum Gasteiger partial charge on any atom is 0.193 e. The van der Waals surface area contributed by atoms with E-state index in [9.17, 15) is 0 Å². The van der Waals surface area contributed by atoms with E-state index < -0.39 is 8.32 Å². The molecule has 0 saturated carbocycles. The van der Waals surface area contributed by atoms with Gasteiger partial charge < -0.3 is 4.43 Å². The zero-order chi connectivity index (χ0) is 15.1. The summed E-state index contributed by atoms with van der Waals surface area (Å²) in [5.74, 6) is 0. The molecule has 0 spiro atoms. The zero-order valence-corrected chi connectivity index (χ0v) is 14.3. The van der Waals surface area contributed by atoms with E-state index in [4.69, 9.17) is 4.43 Å². The van der Waals surface area contributed by atoms with Gasteiger partial charge in [0.15, 0.2) is 8.32 Å². The van der Waals surface area contributed by atoms with Crippen LogP contribution in [0.3, 0.4) is 0 Å². The van der Waals surface area contributed by atoms with E-state index in [1.54, 1.807) is 0 Å². The van der Waals surface area contributed by atoms with E-state index in [-0.39, 0.29) is 6.10 Å². The Kier molecular flexibility index (Phi) is 5.71. The van der Waals surface area contributed by atoms with Gasteiger partial charge in [0.05, 0.1) is 6.10 Å². The molecule has 1 aromatic carbocycles. The van der Waals surface area contributed by atoms with Crippen molar-refractivity contribution in [1.29, 1.82) is 0 Å². The van der Waals surface area contributed by atoms with E-state index in [0.29, 0.717) is 0 Å². The molecule has 0 saturated heterocycles. The summed E-state index contributed by atoms with van der Waals surface area (Å²) < 4.78 is 6.76. The molecule has 0 radical (unpaired) electrons. The van der Waals surface area contributed by atoms with Gasteiger partial charge in [0.25, 0.3) is 0 Å². The molecule has 1 atom stereocenters. The molecule has 1 heterocycles. The highest BCUT2D eigenvalue weighted by molar-refractivity contribution is 6.73. The van der Waals surface area contributed by atoms with Crippen molar-refractivity contribution in [3.05, 3.63) is 66.0 Å². The first kappa shape index (κ1) is 15.9. The second-order valence-electron chi connectivity index (χ2n) is 5.44. The predicted octanol–water partition coefficient (Wildman–Crippen LogP) is 5.19. The van der Waals surface area contributed by atoms with Crippen LogP contribution in [0.25, 0.3) is 0 Å². The molecule has 2 rings (SSSR count). The van der Waals surface area contributed by atoms with Gasteiger partial charge in [-0.3, -0.25) is 4.98 Å². The smallest absolute Gasteiger partial charge is 0.193 e. The molecule has 0 N–H and O–H groups in total. The summed E-state index contributed by atoms with van der Waals surface area (Å²) in [4.78, 5) is 4.27. The summed E-state index contributed by atoms with van der Waals surface area (Å²) in [5.41, 5.74) is 2.37. The Morgan fingerprint density at radius 2 is 1.52 bits per heavy atom.